The number of allylic oxidation sites excluding steroid dienone is 4. The SMILES string of the molecule is CCC(C)[C@H]1O[C@]2(CC[C@@H]1C)C[C@@H]1C[C@@H](C/C=C(\C)[C@@H](O[C@H]3C[C@H](OC)[C@@H](O[C@H]4C[C@H](OC)[C@@H](O)[C@H](C)O4)[C@H](C)O3)[C@@H](C)/C=C/C=C3\CO[C@@H]4[C@H](O)C(C)=C[C@@H](C(=O)O1)[C@]34O)O2.CO[C@H]1C[C@H](O[C@H]2[C@H](C)O[C@@H](O[C@@H]3/C(C)=C/C[C@@H]4C[C@@H](C[C@]5(CC[C@H](C)[C@@H](C(C)C)O5)O4)OC(=O)[C@@H]4C=C(C)[C@@H](O)[C@H]5OC/C(=C\C=C\[C@@H]3C)[C@]54O)C[C@@H]2OC)O[C@@H](C)[C@@H]1O. The van der Waals surface area contributed by atoms with E-state index in [0.29, 0.717) is 117 Å². The summed E-state index contributed by atoms with van der Waals surface area (Å²) in [7, 11) is 6.45. The number of aliphatic hydroxyl groups is 6. The number of ether oxygens (including phenoxy) is 20. The van der Waals surface area contributed by atoms with Crippen LogP contribution in [0.3, 0.4) is 0 Å². The molecule has 28 nitrogen and oxygen atoms in total. The summed E-state index contributed by atoms with van der Waals surface area (Å²) in [6, 6.07) is 0. The van der Waals surface area contributed by atoms with Gasteiger partial charge in [0.1, 0.15) is 84.1 Å². The first-order chi connectivity index (χ1) is 58.5. The number of carbonyl (C=O) groups is 2. The summed E-state index contributed by atoms with van der Waals surface area (Å²) in [4.78, 5) is 28.7. The Kier molecular flexibility index (Phi) is 31.9. The molecular formula is C95H146O28. The monoisotopic (exact) mass is 1740 g/mol. The van der Waals surface area contributed by atoms with Crippen molar-refractivity contribution in [3.05, 3.63) is 94.2 Å². The molecule has 12 aliphatic heterocycles. The summed E-state index contributed by atoms with van der Waals surface area (Å²) in [6.45, 7) is 32.5. The van der Waals surface area contributed by atoms with Gasteiger partial charge < -0.3 is 125 Å². The van der Waals surface area contributed by atoms with E-state index >= 15 is 0 Å². The van der Waals surface area contributed by atoms with E-state index in [0.717, 1.165) is 30.4 Å². The fraction of sp³-hybridized carbons (Fsp3) is 0.811. The van der Waals surface area contributed by atoms with Crippen LogP contribution >= 0.6 is 0 Å². The number of fused-ring (bicyclic) bond motifs is 4. The van der Waals surface area contributed by atoms with Crippen molar-refractivity contribution < 1.29 is 135 Å². The first kappa shape index (κ1) is 96.5. The van der Waals surface area contributed by atoms with Crippen molar-refractivity contribution in [3.8, 4) is 0 Å². The van der Waals surface area contributed by atoms with Gasteiger partial charge in [0.2, 0.25) is 0 Å². The van der Waals surface area contributed by atoms with Crippen LogP contribution in [-0.2, 0) is 104 Å². The van der Waals surface area contributed by atoms with Crippen molar-refractivity contribution in [1.82, 2.24) is 0 Å². The van der Waals surface area contributed by atoms with E-state index in [-0.39, 0.29) is 67.6 Å². The molecule has 2 spiro atoms. The Morgan fingerprint density at radius 3 is 1.24 bits per heavy atom. The van der Waals surface area contributed by atoms with E-state index in [1.807, 2.05) is 38.2 Å². The molecule has 123 heavy (non-hydrogen) atoms. The fourth-order valence-corrected chi connectivity index (χ4v) is 21.8. The van der Waals surface area contributed by atoms with Crippen LogP contribution in [-0.4, -0.2) is 279 Å². The van der Waals surface area contributed by atoms with Gasteiger partial charge >= 0.3 is 11.9 Å². The van der Waals surface area contributed by atoms with Gasteiger partial charge in [-0.3, -0.25) is 9.59 Å². The number of methoxy groups -OCH3 is 4. The van der Waals surface area contributed by atoms with E-state index in [4.69, 9.17) is 94.7 Å². The Labute approximate surface area is 728 Å². The van der Waals surface area contributed by atoms with Gasteiger partial charge in [-0.1, -0.05) is 123 Å². The normalized spacial score (nSPS) is 49.5. The molecule has 6 N–H and O–H groups in total. The van der Waals surface area contributed by atoms with E-state index in [2.05, 4.69) is 81.4 Å². The van der Waals surface area contributed by atoms with E-state index in [1.54, 1.807) is 80.4 Å². The van der Waals surface area contributed by atoms with Gasteiger partial charge in [0.25, 0.3) is 0 Å². The third kappa shape index (κ3) is 20.8. The molecule has 12 heterocycles. The molecule has 28 heteroatoms. The zero-order valence-electron chi connectivity index (χ0n) is 76.2. The van der Waals surface area contributed by atoms with Crippen molar-refractivity contribution in [3.63, 3.8) is 0 Å². The van der Waals surface area contributed by atoms with E-state index in [1.165, 1.54) is 0 Å². The Morgan fingerprint density at radius 1 is 0.472 bits per heavy atom. The average molecular weight is 1740 g/mol. The zero-order chi connectivity index (χ0) is 88.6. The Bertz CT molecular complexity index is 3810. The van der Waals surface area contributed by atoms with Crippen molar-refractivity contribution in [1.29, 1.82) is 0 Å². The van der Waals surface area contributed by atoms with Crippen LogP contribution in [0.1, 0.15) is 207 Å². The van der Waals surface area contributed by atoms with E-state index in [9.17, 15) is 40.2 Å². The maximum atomic E-state index is 14.4. The van der Waals surface area contributed by atoms with Crippen LogP contribution in [0.25, 0.3) is 0 Å². The quantitative estimate of drug-likeness (QED) is 0.0655. The molecule has 2 aliphatic carbocycles. The minimum absolute atomic E-state index is 0.00708. The van der Waals surface area contributed by atoms with Crippen LogP contribution in [0.5, 0.6) is 0 Å². The Morgan fingerprint density at radius 2 is 0.846 bits per heavy atom. The van der Waals surface area contributed by atoms with Gasteiger partial charge in [0.15, 0.2) is 36.7 Å². The third-order valence-corrected chi connectivity index (χ3v) is 29.3. The molecule has 10 fully saturated rings. The lowest BCUT2D eigenvalue weighted by Crippen LogP contribution is -2.58. The van der Waals surface area contributed by atoms with Crippen molar-refractivity contribution >= 4 is 11.9 Å². The number of rotatable bonds is 15. The third-order valence-electron chi connectivity index (χ3n) is 29.3. The van der Waals surface area contributed by atoms with Crippen LogP contribution in [0.2, 0.25) is 0 Å². The summed E-state index contributed by atoms with van der Waals surface area (Å²) in [5.41, 5.74) is 0.372. The molecule has 1 unspecified atom stereocenters. The van der Waals surface area contributed by atoms with Crippen LogP contribution < -0.4 is 0 Å². The summed E-state index contributed by atoms with van der Waals surface area (Å²) in [6.07, 6.45) is 12.1. The minimum atomic E-state index is -1.82. The molecule has 4 bridgehead atoms. The largest absolute Gasteiger partial charge is 0.462 e. The summed E-state index contributed by atoms with van der Waals surface area (Å²) in [5.74, 6) is -4.25. The standard InChI is InChI=1S/C48H74O14.C47H72O14/c1-11-25(2)43-28(5)17-18-47(62-43)23-34-20-33(61-47)16-15-27(4)42(26(3)13-12-14-32-24-55-45-40(49)29(6)19-35(46(51)58-34)48(32,45)52)59-39-22-37(54-10)44(31(8)57-39)60-38-21-36(53-9)41(50)30(7)56-38;1-24(2)41-27(5)16-17-46(61-41)22-33-19-32(60-46)15-14-26(4)42(25(3)12-11-13-31-23-54-44-39(48)28(6)18-34(45(50)57-33)47(31,44)51)58-38-21-36(53-10)43(30(8)56-38)59-37-20-35(52-9)40(49)29(7)55-37/h12-15,19,25-26,28,30-31,33-45,49-50,52H,11,16-18,20-24H2,1-10H3;11-14,18,24-25,27,29-30,32-44,48-49,51H,15-17,19-23H2,1-10H3/b13-12+,27-15+,32-14+;12-11+,26-14+,31-13+/t25?,26-,28-,30-,31-,33+,34-,35-,36-,37-,38-,39-,40+,41-,42-,43+,44-,45+,47+,48+;25-,27-,29-,30-,32+,33-,34-,35-,36-,37-,38-,39+,40-,41+,42-,43-,44+,46+,47+/m00/s1. The maximum Gasteiger partial charge on any atom is 0.316 e. The Balaban J connectivity index is 0.000000212. The lowest BCUT2D eigenvalue weighted by atomic mass is 9.71. The topological polar surface area (TPSA) is 340 Å². The van der Waals surface area contributed by atoms with Crippen molar-refractivity contribution in [2.24, 2.45) is 47.3 Å². The number of esters is 2. The molecule has 0 radical (unpaired) electrons. The van der Waals surface area contributed by atoms with Crippen LogP contribution in [0, 0.1) is 47.3 Å². The second kappa shape index (κ2) is 40.7. The first-order valence-electron chi connectivity index (χ1n) is 45.8. The summed E-state index contributed by atoms with van der Waals surface area (Å²) < 4.78 is 128. The fourth-order valence-electron chi connectivity index (χ4n) is 21.8. The second-order valence-corrected chi connectivity index (χ2v) is 38.6. The van der Waals surface area contributed by atoms with Gasteiger partial charge in [0, 0.05) is 104 Å². The molecular weight excluding hydrogens is 1590 g/mol. The zero-order valence-corrected chi connectivity index (χ0v) is 76.2. The average Bonchev–Trinajstić information content (AvgIpc) is 1.61. The van der Waals surface area contributed by atoms with Crippen LogP contribution in [0.15, 0.2) is 94.2 Å². The smallest absolute Gasteiger partial charge is 0.316 e. The molecule has 0 aromatic rings. The van der Waals surface area contributed by atoms with E-state index < -0.39 is 182 Å². The van der Waals surface area contributed by atoms with Crippen LogP contribution in [0.4, 0.5) is 0 Å². The molecule has 0 saturated carbocycles. The molecule has 0 amide bonds. The summed E-state index contributed by atoms with van der Waals surface area (Å²) >= 11 is 0. The number of hydrogen-bond acceptors (Lipinski definition) is 28. The van der Waals surface area contributed by atoms with Gasteiger partial charge in [-0.25, -0.2) is 0 Å². The molecule has 10 saturated heterocycles. The predicted molar refractivity (Wildman–Crippen MR) is 450 cm³/mol. The first-order valence-corrected chi connectivity index (χ1v) is 45.8. The Hall–Kier alpha value is -4.10. The molecule has 14 aliphatic rings. The van der Waals surface area contributed by atoms with Gasteiger partial charge in [-0.2, -0.15) is 0 Å². The van der Waals surface area contributed by atoms with Gasteiger partial charge in [-0.15, -0.1) is 0 Å². The highest BCUT2D eigenvalue weighted by Gasteiger charge is 2.63. The minimum Gasteiger partial charge on any atom is -0.462 e. The molecule has 0 aromatic heterocycles. The maximum absolute atomic E-state index is 14.4. The van der Waals surface area contributed by atoms with Crippen molar-refractivity contribution in [2.75, 3.05) is 41.7 Å². The molecule has 694 valence electrons. The number of carbonyl (C=O) groups excluding carboxylic acids is 2. The second-order valence-electron chi connectivity index (χ2n) is 38.6. The van der Waals surface area contributed by atoms with Gasteiger partial charge in [-0.05, 0) is 138 Å². The highest BCUT2D eigenvalue weighted by Crippen LogP contribution is 2.52. The highest BCUT2D eigenvalue weighted by molar-refractivity contribution is 5.79. The lowest BCUT2D eigenvalue weighted by molar-refractivity contribution is -0.341. The highest BCUT2D eigenvalue weighted by atomic mass is 16.8. The molecule has 0 aromatic carbocycles. The summed E-state index contributed by atoms with van der Waals surface area (Å²) in [5, 5.41) is 68.4. The lowest BCUT2D eigenvalue weighted by Gasteiger charge is -2.51. The number of aliphatic hydroxyl groups excluding tert-OH is 4. The molecule has 39 atom stereocenters. The molecule has 14 rings (SSSR count). The predicted octanol–water partition coefficient (Wildman–Crippen LogP) is 10.8. The van der Waals surface area contributed by atoms with Crippen molar-refractivity contribution in [2.45, 2.75) is 402 Å². The number of hydrogen-bond donors (Lipinski definition) is 6. The van der Waals surface area contributed by atoms with Gasteiger partial charge in [0.05, 0.1) is 98.7 Å².